The molecule has 0 aliphatic rings. The fourth-order valence-corrected chi connectivity index (χ4v) is 2.75. The van der Waals surface area contributed by atoms with Crippen LogP contribution >= 0.6 is 7.60 Å². The Morgan fingerprint density at radius 3 is 1.94 bits per heavy atom. The SMILES string of the molecule is C/C=C(/C(=O)OCC)P(=O)(OCC)OCC. The van der Waals surface area contributed by atoms with E-state index in [0.717, 1.165) is 0 Å². The normalized spacial score (nSPS) is 12.6. The lowest BCUT2D eigenvalue weighted by Gasteiger charge is -2.18. The lowest BCUT2D eigenvalue weighted by molar-refractivity contribution is -0.137. The van der Waals surface area contributed by atoms with Crippen LogP contribution in [0.25, 0.3) is 0 Å². The largest absolute Gasteiger partial charge is 0.462 e. The van der Waals surface area contributed by atoms with Crippen molar-refractivity contribution < 1.29 is 23.1 Å². The summed E-state index contributed by atoms with van der Waals surface area (Å²) in [6.45, 7) is 7.26. The minimum atomic E-state index is -3.53. The first-order valence-corrected chi connectivity index (χ1v) is 6.83. The van der Waals surface area contributed by atoms with Crippen molar-refractivity contribution in [1.29, 1.82) is 0 Å². The second-order valence-electron chi connectivity index (χ2n) is 2.73. The molecule has 0 amide bonds. The van der Waals surface area contributed by atoms with E-state index in [-0.39, 0.29) is 25.1 Å². The molecule has 0 bridgehead atoms. The summed E-state index contributed by atoms with van der Waals surface area (Å²) in [5.41, 5.74) is 0. The second-order valence-corrected chi connectivity index (χ2v) is 4.72. The van der Waals surface area contributed by atoms with Crippen LogP contribution in [0.3, 0.4) is 0 Å². The van der Waals surface area contributed by atoms with Gasteiger partial charge in [0.15, 0.2) is 0 Å². The molecule has 0 heterocycles. The van der Waals surface area contributed by atoms with E-state index in [1.165, 1.54) is 6.08 Å². The molecule has 94 valence electrons. The molecular weight excluding hydrogens is 231 g/mol. The Hall–Kier alpha value is -0.640. The Bertz CT molecular complexity index is 288. The van der Waals surface area contributed by atoms with Gasteiger partial charge in [-0.2, -0.15) is 0 Å². The Morgan fingerprint density at radius 1 is 1.12 bits per heavy atom. The molecule has 0 atom stereocenters. The van der Waals surface area contributed by atoms with Crippen molar-refractivity contribution in [2.45, 2.75) is 27.7 Å². The second kappa shape index (κ2) is 7.60. The highest BCUT2D eigenvalue weighted by atomic mass is 31.2. The van der Waals surface area contributed by atoms with Crippen molar-refractivity contribution >= 4 is 13.6 Å². The van der Waals surface area contributed by atoms with Gasteiger partial charge in [0.1, 0.15) is 5.31 Å². The molecule has 0 aromatic rings. The van der Waals surface area contributed by atoms with Gasteiger partial charge in [0.05, 0.1) is 19.8 Å². The zero-order valence-corrected chi connectivity index (χ0v) is 11.1. The number of esters is 1. The molecule has 0 rings (SSSR count). The van der Waals surface area contributed by atoms with Gasteiger partial charge < -0.3 is 13.8 Å². The first-order chi connectivity index (χ1) is 7.55. The van der Waals surface area contributed by atoms with E-state index in [1.54, 1.807) is 27.7 Å². The zero-order chi connectivity index (χ0) is 12.6. The maximum absolute atomic E-state index is 12.2. The zero-order valence-electron chi connectivity index (χ0n) is 10.2. The topological polar surface area (TPSA) is 61.8 Å². The summed E-state index contributed by atoms with van der Waals surface area (Å²) in [6, 6.07) is 0. The average Bonchev–Trinajstić information content (AvgIpc) is 2.19. The van der Waals surface area contributed by atoms with Gasteiger partial charge in [0, 0.05) is 0 Å². The molecule has 0 spiro atoms. The first kappa shape index (κ1) is 15.4. The number of hydrogen-bond donors (Lipinski definition) is 0. The minimum absolute atomic E-state index is 0.0435. The Morgan fingerprint density at radius 2 is 1.62 bits per heavy atom. The maximum atomic E-state index is 12.2. The standard InChI is InChI=1S/C10H19O5P/c1-5-9(10(11)13-6-2)16(12,14-7-3)15-8-4/h5H,6-8H2,1-4H3/b9-5-. The molecule has 16 heavy (non-hydrogen) atoms. The summed E-state index contributed by atoms with van der Waals surface area (Å²) in [5.74, 6) is -0.657. The summed E-state index contributed by atoms with van der Waals surface area (Å²) in [6.07, 6.45) is 1.41. The number of ether oxygens (including phenoxy) is 1. The number of carbonyl (C=O) groups is 1. The smallest absolute Gasteiger partial charge is 0.368 e. The predicted molar refractivity (Wildman–Crippen MR) is 61.2 cm³/mol. The van der Waals surface area contributed by atoms with Crippen LogP contribution in [0, 0.1) is 0 Å². The van der Waals surface area contributed by atoms with Gasteiger partial charge in [-0.05, 0) is 27.7 Å². The van der Waals surface area contributed by atoms with Gasteiger partial charge >= 0.3 is 13.6 Å². The molecular formula is C10H19O5P. The van der Waals surface area contributed by atoms with Gasteiger partial charge in [0.25, 0.3) is 0 Å². The van der Waals surface area contributed by atoms with Crippen molar-refractivity contribution in [2.75, 3.05) is 19.8 Å². The third kappa shape index (κ3) is 4.08. The Labute approximate surface area is 96.3 Å². The van der Waals surface area contributed by atoms with Gasteiger partial charge in [-0.1, -0.05) is 6.08 Å². The van der Waals surface area contributed by atoms with Crippen molar-refractivity contribution in [2.24, 2.45) is 0 Å². The molecule has 0 radical (unpaired) electrons. The van der Waals surface area contributed by atoms with E-state index in [2.05, 4.69) is 0 Å². The molecule has 0 fully saturated rings. The van der Waals surface area contributed by atoms with Crippen LogP contribution < -0.4 is 0 Å². The van der Waals surface area contributed by atoms with Crippen molar-refractivity contribution in [3.8, 4) is 0 Å². The third-order valence-electron chi connectivity index (χ3n) is 1.65. The molecule has 0 saturated carbocycles. The lowest BCUT2D eigenvalue weighted by atomic mass is 10.5. The fraction of sp³-hybridized carbons (Fsp3) is 0.700. The van der Waals surface area contributed by atoms with Crippen LogP contribution in [0.15, 0.2) is 11.4 Å². The number of hydrogen-bond acceptors (Lipinski definition) is 5. The van der Waals surface area contributed by atoms with Crippen LogP contribution in [0.5, 0.6) is 0 Å². The number of allylic oxidation sites excluding steroid dienone is 1. The summed E-state index contributed by atoms with van der Waals surface area (Å²) >= 11 is 0. The van der Waals surface area contributed by atoms with E-state index in [4.69, 9.17) is 13.8 Å². The minimum Gasteiger partial charge on any atom is -0.462 e. The highest BCUT2D eigenvalue weighted by Crippen LogP contribution is 2.56. The van der Waals surface area contributed by atoms with Crippen molar-refractivity contribution in [3.63, 3.8) is 0 Å². The number of rotatable bonds is 7. The van der Waals surface area contributed by atoms with Gasteiger partial charge in [-0.25, -0.2) is 4.79 Å². The summed E-state index contributed by atoms with van der Waals surface area (Å²) < 4.78 is 27.2. The fourth-order valence-electron chi connectivity index (χ4n) is 1.11. The lowest BCUT2D eigenvalue weighted by Crippen LogP contribution is -2.11. The van der Waals surface area contributed by atoms with Crippen LogP contribution in [0.2, 0.25) is 0 Å². The number of carbonyl (C=O) groups excluding carboxylic acids is 1. The van der Waals surface area contributed by atoms with E-state index < -0.39 is 13.6 Å². The van der Waals surface area contributed by atoms with Gasteiger partial charge in [-0.15, -0.1) is 0 Å². The van der Waals surface area contributed by atoms with Crippen molar-refractivity contribution in [3.05, 3.63) is 11.4 Å². The summed E-state index contributed by atoms with van der Waals surface area (Å²) in [7, 11) is -3.53. The molecule has 0 aromatic heterocycles. The van der Waals surface area contributed by atoms with Crippen LogP contribution in [0.4, 0.5) is 0 Å². The quantitative estimate of drug-likeness (QED) is 0.395. The summed E-state index contributed by atoms with van der Waals surface area (Å²) in [4.78, 5) is 11.5. The van der Waals surface area contributed by atoms with E-state index in [9.17, 15) is 9.36 Å². The molecule has 0 saturated heterocycles. The molecule has 0 unspecified atom stereocenters. The predicted octanol–water partition coefficient (Wildman–Crippen LogP) is 2.72. The van der Waals surface area contributed by atoms with Crippen LogP contribution in [0.1, 0.15) is 27.7 Å². The molecule has 5 nitrogen and oxygen atoms in total. The monoisotopic (exact) mass is 250 g/mol. The van der Waals surface area contributed by atoms with E-state index in [0.29, 0.717) is 0 Å². The van der Waals surface area contributed by atoms with E-state index >= 15 is 0 Å². The molecule has 0 N–H and O–H groups in total. The first-order valence-electron chi connectivity index (χ1n) is 5.28. The van der Waals surface area contributed by atoms with Gasteiger partial charge in [-0.3, -0.25) is 4.57 Å². The maximum Gasteiger partial charge on any atom is 0.368 e. The van der Waals surface area contributed by atoms with Crippen molar-refractivity contribution in [1.82, 2.24) is 0 Å². The highest BCUT2D eigenvalue weighted by Gasteiger charge is 2.35. The Kier molecular flexibility index (Phi) is 7.30. The van der Waals surface area contributed by atoms with Crippen LogP contribution in [-0.4, -0.2) is 25.8 Å². The molecule has 0 aliphatic heterocycles. The molecule has 6 heteroatoms. The summed E-state index contributed by atoms with van der Waals surface area (Å²) in [5, 5.41) is -0.0435. The molecule has 0 aliphatic carbocycles. The average molecular weight is 250 g/mol. The van der Waals surface area contributed by atoms with Crippen LogP contribution in [-0.2, 0) is 23.1 Å². The highest BCUT2D eigenvalue weighted by molar-refractivity contribution is 7.59. The Balaban J connectivity index is 5.01. The van der Waals surface area contributed by atoms with E-state index in [1.807, 2.05) is 0 Å². The third-order valence-corrected chi connectivity index (χ3v) is 3.88. The van der Waals surface area contributed by atoms with Gasteiger partial charge in [0.2, 0.25) is 0 Å². The molecule has 0 aromatic carbocycles.